The van der Waals surface area contributed by atoms with Gasteiger partial charge in [-0.25, -0.2) is 0 Å². The number of nitrogens with one attached hydrogen (secondary N) is 1. The molecule has 2 aromatic carbocycles. The van der Waals surface area contributed by atoms with E-state index in [0.717, 1.165) is 38.9 Å². The molecule has 3 nitrogen and oxygen atoms in total. The molecule has 0 radical (unpaired) electrons. The SMILES string of the molecule is Cc1cc(C)c2[nH]c(-c3ccc(Cl)cc3Cl)c(CC(=O)O)c2c1. The Hall–Kier alpha value is -1.97. The molecule has 0 spiro atoms. The summed E-state index contributed by atoms with van der Waals surface area (Å²) in [5.74, 6) is -0.878. The molecule has 3 aromatic rings. The molecule has 23 heavy (non-hydrogen) atoms. The van der Waals surface area contributed by atoms with Gasteiger partial charge < -0.3 is 10.1 Å². The number of aliphatic carboxylic acids is 1. The fourth-order valence-electron chi connectivity index (χ4n) is 2.96. The minimum Gasteiger partial charge on any atom is -0.481 e. The van der Waals surface area contributed by atoms with Gasteiger partial charge in [-0.15, -0.1) is 0 Å². The summed E-state index contributed by atoms with van der Waals surface area (Å²) in [4.78, 5) is 14.7. The van der Waals surface area contributed by atoms with Gasteiger partial charge in [0.25, 0.3) is 0 Å². The minimum atomic E-state index is -0.878. The van der Waals surface area contributed by atoms with Gasteiger partial charge in [-0.2, -0.15) is 0 Å². The molecule has 0 saturated heterocycles. The number of carboxylic acids is 1. The maximum atomic E-state index is 11.3. The van der Waals surface area contributed by atoms with Crippen LogP contribution in [0.2, 0.25) is 10.0 Å². The summed E-state index contributed by atoms with van der Waals surface area (Å²) in [6.45, 7) is 4.00. The minimum absolute atomic E-state index is 0.0722. The van der Waals surface area contributed by atoms with Gasteiger partial charge in [0.2, 0.25) is 0 Å². The summed E-state index contributed by atoms with van der Waals surface area (Å²) in [5, 5.41) is 11.3. The van der Waals surface area contributed by atoms with E-state index in [2.05, 4.69) is 11.1 Å². The number of aromatic nitrogens is 1. The van der Waals surface area contributed by atoms with Crippen LogP contribution in [0, 0.1) is 13.8 Å². The Morgan fingerprint density at radius 3 is 2.57 bits per heavy atom. The molecule has 0 amide bonds. The molecule has 0 unspecified atom stereocenters. The average molecular weight is 348 g/mol. The number of aromatic amines is 1. The highest BCUT2D eigenvalue weighted by atomic mass is 35.5. The lowest BCUT2D eigenvalue weighted by atomic mass is 10.0. The fraction of sp³-hybridized carbons (Fsp3) is 0.167. The zero-order valence-corrected chi connectivity index (χ0v) is 14.2. The molecule has 5 heteroatoms. The second-order valence-electron chi connectivity index (χ2n) is 5.68. The Morgan fingerprint density at radius 1 is 1.17 bits per heavy atom. The average Bonchev–Trinajstić information content (AvgIpc) is 2.77. The topological polar surface area (TPSA) is 53.1 Å². The highest BCUT2D eigenvalue weighted by Crippen LogP contribution is 2.37. The van der Waals surface area contributed by atoms with Gasteiger partial charge in [0.1, 0.15) is 0 Å². The largest absolute Gasteiger partial charge is 0.481 e. The predicted molar refractivity (Wildman–Crippen MR) is 94.6 cm³/mol. The predicted octanol–water partition coefficient (Wildman–Crippen LogP) is 5.39. The number of fused-ring (bicyclic) bond motifs is 1. The van der Waals surface area contributed by atoms with Gasteiger partial charge >= 0.3 is 5.97 Å². The van der Waals surface area contributed by atoms with E-state index in [1.165, 1.54) is 0 Å². The molecule has 0 aliphatic carbocycles. The number of halogens is 2. The van der Waals surface area contributed by atoms with Gasteiger partial charge in [0.05, 0.1) is 17.1 Å². The quantitative estimate of drug-likeness (QED) is 0.667. The van der Waals surface area contributed by atoms with Crippen LogP contribution in [0.15, 0.2) is 30.3 Å². The summed E-state index contributed by atoms with van der Waals surface area (Å²) < 4.78 is 0. The Bertz CT molecular complexity index is 928. The number of H-pyrrole nitrogens is 1. The molecule has 2 N–H and O–H groups in total. The van der Waals surface area contributed by atoms with E-state index < -0.39 is 5.97 Å². The van der Waals surface area contributed by atoms with Crippen LogP contribution < -0.4 is 0 Å². The molecule has 0 bridgehead atoms. The van der Waals surface area contributed by atoms with Crippen molar-refractivity contribution in [2.24, 2.45) is 0 Å². The maximum absolute atomic E-state index is 11.3. The number of benzene rings is 2. The lowest BCUT2D eigenvalue weighted by Crippen LogP contribution is -2.01. The van der Waals surface area contributed by atoms with Crippen LogP contribution in [0.25, 0.3) is 22.2 Å². The molecule has 1 aromatic heterocycles. The van der Waals surface area contributed by atoms with Crippen molar-refractivity contribution >= 4 is 40.1 Å². The molecule has 1 heterocycles. The summed E-state index contributed by atoms with van der Waals surface area (Å²) in [5.41, 5.74) is 5.33. The van der Waals surface area contributed by atoms with Crippen LogP contribution in [0.5, 0.6) is 0 Å². The van der Waals surface area contributed by atoms with Gasteiger partial charge in [-0.1, -0.05) is 34.8 Å². The Morgan fingerprint density at radius 2 is 1.91 bits per heavy atom. The van der Waals surface area contributed by atoms with Crippen molar-refractivity contribution in [3.63, 3.8) is 0 Å². The van der Waals surface area contributed by atoms with Gasteiger partial charge in [-0.05, 0) is 49.2 Å². The second-order valence-corrected chi connectivity index (χ2v) is 6.52. The van der Waals surface area contributed by atoms with E-state index in [-0.39, 0.29) is 6.42 Å². The van der Waals surface area contributed by atoms with Crippen LogP contribution >= 0.6 is 23.2 Å². The van der Waals surface area contributed by atoms with Crippen LogP contribution in [-0.4, -0.2) is 16.1 Å². The monoisotopic (exact) mass is 347 g/mol. The first kappa shape index (κ1) is 15.9. The number of aryl methyl sites for hydroxylation is 2. The van der Waals surface area contributed by atoms with E-state index in [1.54, 1.807) is 12.1 Å². The van der Waals surface area contributed by atoms with Crippen molar-refractivity contribution in [3.8, 4) is 11.3 Å². The molecule has 118 valence electrons. The number of rotatable bonds is 3. The summed E-state index contributed by atoms with van der Waals surface area (Å²) in [7, 11) is 0. The first-order chi connectivity index (χ1) is 10.9. The molecule has 0 aliphatic heterocycles. The summed E-state index contributed by atoms with van der Waals surface area (Å²) in [6, 6.07) is 9.29. The lowest BCUT2D eigenvalue weighted by molar-refractivity contribution is -0.136. The molecular weight excluding hydrogens is 333 g/mol. The number of hydrogen-bond acceptors (Lipinski definition) is 1. The van der Waals surface area contributed by atoms with Crippen molar-refractivity contribution in [2.45, 2.75) is 20.3 Å². The van der Waals surface area contributed by atoms with Gasteiger partial charge in [-0.3, -0.25) is 4.79 Å². The third-order valence-corrected chi connectivity index (χ3v) is 4.43. The Kier molecular flexibility index (Phi) is 4.09. The van der Waals surface area contributed by atoms with Crippen molar-refractivity contribution < 1.29 is 9.90 Å². The molecule has 3 rings (SSSR count). The zero-order valence-electron chi connectivity index (χ0n) is 12.7. The molecule has 0 fully saturated rings. The van der Waals surface area contributed by atoms with Crippen LogP contribution in [0.1, 0.15) is 16.7 Å². The van der Waals surface area contributed by atoms with Crippen LogP contribution in [0.3, 0.4) is 0 Å². The van der Waals surface area contributed by atoms with E-state index in [1.807, 2.05) is 26.0 Å². The van der Waals surface area contributed by atoms with Crippen molar-refractivity contribution in [3.05, 3.63) is 57.1 Å². The van der Waals surface area contributed by atoms with Crippen molar-refractivity contribution in [2.75, 3.05) is 0 Å². The zero-order chi connectivity index (χ0) is 16.7. The molecule has 0 atom stereocenters. The molecule has 0 saturated carbocycles. The van der Waals surface area contributed by atoms with Gasteiger partial charge in [0, 0.05) is 21.5 Å². The normalized spacial score (nSPS) is 11.1. The van der Waals surface area contributed by atoms with Crippen LogP contribution in [0.4, 0.5) is 0 Å². The first-order valence-electron chi connectivity index (χ1n) is 7.16. The van der Waals surface area contributed by atoms with E-state index >= 15 is 0 Å². The van der Waals surface area contributed by atoms with E-state index in [0.29, 0.717) is 10.0 Å². The molecular formula is C18H15Cl2NO2. The molecule has 0 aliphatic rings. The van der Waals surface area contributed by atoms with E-state index in [9.17, 15) is 9.90 Å². The third kappa shape index (κ3) is 2.94. The lowest BCUT2D eigenvalue weighted by Gasteiger charge is -2.06. The third-order valence-electron chi connectivity index (χ3n) is 3.89. The smallest absolute Gasteiger partial charge is 0.307 e. The van der Waals surface area contributed by atoms with Gasteiger partial charge in [0.15, 0.2) is 0 Å². The standard InChI is InChI=1S/C18H15Cl2NO2/c1-9-5-10(2)17-13(6-9)14(8-16(22)23)18(21-17)12-4-3-11(19)7-15(12)20/h3-7,21H,8H2,1-2H3,(H,22,23). The Labute approximate surface area is 143 Å². The van der Waals surface area contributed by atoms with Crippen molar-refractivity contribution in [1.29, 1.82) is 0 Å². The van der Waals surface area contributed by atoms with Crippen molar-refractivity contribution in [1.82, 2.24) is 4.98 Å². The maximum Gasteiger partial charge on any atom is 0.307 e. The first-order valence-corrected chi connectivity index (χ1v) is 7.91. The number of carbonyl (C=O) groups is 1. The summed E-state index contributed by atoms with van der Waals surface area (Å²) in [6.07, 6.45) is -0.0722. The summed E-state index contributed by atoms with van der Waals surface area (Å²) >= 11 is 12.3. The highest BCUT2D eigenvalue weighted by molar-refractivity contribution is 6.36. The second kappa shape index (κ2) is 5.91. The van der Waals surface area contributed by atoms with Crippen LogP contribution in [-0.2, 0) is 11.2 Å². The fourth-order valence-corrected chi connectivity index (χ4v) is 3.47. The Balaban J connectivity index is 2.35. The van der Waals surface area contributed by atoms with E-state index in [4.69, 9.17) is 23.2 Å². The number of hydrogen-bond donors (Lipinski definition) is 2. The highest BCUT2D eigenvalue weighted by Gasteiger charge is 2.19. The number of carboxylic acid groups (broad SMARTS) is 1.